The molecule has 110 valence electrons. The summed E-state index contributed by atoms with van der Waals surface area (Å²) >= 11 is 0. The zero-order valence-electron chi connectivity index (χ0n) is 12.4. The molecule has 2 rings (SSSR count). The summed E-state index contributed by atoms with van der Waals surface area (Å²) < 4.78 is 5.74. The lowest BCUT2D eigenvalue weighted by molar-refractivity contribution is 0.333. The van der Waals surface area contributed by atoms with E-state index in [2.05, 4.69) is 17.6 Å². The maximum absolute atomic E-state index is 5.84. The van der Waals surface area contributed by atoms with Crippen LogP contribution in [-0.2, 0) is 0 Å². The predicted octanol–water partition coefficient (Wildman–Crippen LogP) is 3.87. The molecule has 0 aliphatic heterocycles. The molecule has 1 aliphatic rings. The highest BCUT2D eigenvalue weighted by Crippen LogP contribution is 2.33. The van der Waals surface area contributed by atoms with Gasteiger partial charge in [0.2, 0.25) is 0 Å². The molecule has 1 aliphatic carbocycles. The molecule has 0 aromatic heterocycles. The zero-order valence-corrected chi connectivity index (χ0v) is 12.4. The van der Waals surface area contributed by atoms with Gasteiger partial charge in [0.25, 0.3) is 0 Å². The minimum absolute atomic E-state index is 0.0656. The van der Waals surface area contributed by atoms with E-state index in [-0.39, 0.29) is 6.04 Å². The van der Waals surface area contributed by atoms with Gasteiger partial charge in [-0.1, -0.05) is 42.7 Å². The van der Waals surface area contributed by atoms with Crippen LogP contribution in [0.4, 0.5) is 0 Å². The predicted molar refractivity (Wildman–Crippen MR) is 83.5 cm³/mol. The topological polar surface area (TPSA) is 47.3 Å². The van der Waals surface area contributed by atoms with Crippen molar-refractivity contribution in [2.24, 2.45) is 5.84 Å². The Kier molecular flexibility index (Phi) is 6.09. The van der Waals surface area contributed by atoms with Crippen LogP contribution < -0.4 is 16.0 Å². The highest BCUT2D eigenvalue weighted by Gasteiger charge is 2.19. The summed E-state index contributed by atoms with van der Waals surface area (Å²) in [6, 6.07) is 8.25. The van der Waals surface area contributed by atoms with Gasteiger partial charge < -0.3 is 4.74 Å². The molecule has 0 fully saturated rings. The van der Waals surface area contributed by atoms with Crippen molar-refractivity contribution in [3.63, 3.8) is 0 Å². The summed E-state index contributed by atoms with van der Waals surface area (Å²) in [5, 5.41) is 0. The molecule has 1 aromatic carbocycles. The maximum Gasteiger partial charge on any atom is 0.124 e. The first-order chi connectivity index (χ1) is 9.86. The van der Waals surface area contributed by atoms with Crippen LogP contribution in [0, 0.1) is 0 Å². The highest BCUT2D eigenvalue weighted by molar-refractivity contribution is 5.40. The van der Waals surface area contributed by atoms with Crippen molar-refractivity contribution in [1.82, 2.24) is 5.43 Å². The largest absolute Gasteiger partial charge is 0.494 e. The van der Waals surface area contributed by atoms with Gasteiger partial charge in [0.1, 0.15) is 5.75 Å². The Labute approximate surface area is 122 Å². The monoisotopic (exact) mass is 274 g/mol. The first kappa shape index (κ1) is 15.1. The fourth-order valence-electron chi connectivity index (χ4n) is 2.88. The number of ether oxygens (including phenoxy) is 1. The van der Waals surface area contributed by atoms with Crippen LogP contribution in [0.3, 0.4) is 0 Å². The van der Waals surface area contributed by atoms with Gasteiger partial charge in [-0.3, -0.25) is 5.84 Å². The molecule has 0 radical (unpaired) electrons. The van der Waals surface area contributed by atoms with E-state index >= 15 is 0 Å². The Morgan fingerprint density at radius 3 is 2.80 bits per heavy atom. The van der Waals surface area contributed by atoms with Gasteiger partial charge in [0.15, 0.2) is 0 Å². The van der Waals surface area contributed by atoms with Crippen molar-refractivity contribution in [3.05, 3.63) is 41.5 Å². The Balaban J connectivity index is 2.26. The second kappa shape index (κ2) is 8.08. The molecule has 1 atom stereocenters. The van der Waals surface area contributed by atoms with Crippen molar-refractivity contribution in [2.75, 3.05) is 6.61 Å². The third-order valence-corrected chi connectivity index (χ3v) is 3.89. The quantitative estimate of drug-likeness (QED) is 0.487. The number of nitrogens with two attached hydrogens (primary N) is 1. The molecule has 0 saturated carbocycles. The molecule has 0 saturated heterocycles. The molecule has 3 nitrogen and oxygen atoms in total. The molecule has 3 heteroatoms. The zero-order chi connectivity index (χ0) is 14.2. The van der Waals surface area contributed by atoms with E-state index < -0.39 is 0 Å². The maximum atomic E-state index is 5.84. The summed E-state index contributed by atoms with van der Waals surface area (Å²) in [5.41, 5.74) is 5.53. The van der Waals surface area contributed by atoms with Crippen LogP contribution in [0.2, 0.25) is 0 Å². The van der Waals surface area contributed by atoms with E-state index in [9.17, 15) is 0 Å². The van der Waals surface area contributed by atoms with E-state index in [4.69, 9.17) is 10.6 Å². The normalized spacial score (nSPS) is 20.4. The number of rotatable bonds is 5. The Morgan fingerprint density at radius 1 is 1.20 bits per heavy atom. The fourth-order valence-corrected chi connectivity index (χ4v) is 2.88. The number of hydrazine groups is 1. The van der Waals surface area contributed by atoms with Gasteiger partial charge in [-0.15, -0.1) is 0 Å². The van der Waals surface area contributed by atoms with Crippen molar-refractivity contribution in [1.29, 1.82) is 0 Å². The van der Waals surface area contributed by atoms with Crippen molar-refractivity contribution in [2.45, 2.75) is 51.5 Å². The Morgan fingerprint density at radius 2 is 2.00 bits per heavy atom. The molecular formula is C17H26N2O. The smallest absolute Gasteiger partial charge is 0.124 e. The van der Waals surface area contributed by atoms with Gasteiger partial charge in [-0.25, -0.2) is 5.43 Å². The Bertz CT molecular complexity index is 442. The van der Waals surface area contributed by atoms with Gasteiger partial charge in [-0.05, 0) is 38.7 Å². The lowest BCUT2D eigenvalue weighted by atomic mass is 9.91. The number of hydrogen-bond acceptors (Lipinski definition) is 3. The summed E-state index contributed by atoms with van der Waals surface area (Å²) in [4.78, 5) is 0. The number of para-hydroxylation sites is 1. The summed E-state index contributed by atoms with van der Waals surface area (Å²) in [6.07, 6.45) is 9.85. The molecule has 0 bridgehead atoms. The van der Waals surface area contributed by atoms with Crippen LogP contribution in [0.5, 0.6) is 5.75 Å². The Hall–Kier alpha value is -1.32. The highest BCUT2D eigenvalue weighted by atomic mass is 16.5. The van der Waals surface area contributed by atoms with E-state index in [1.807, 2.05) is 25.1 Å². The first-order valence-corrected chi connectivity index (χ1v) is 7.73. The second-order valence-electron chi connectivity index (χ2n) is 5.30. The molecule has 0 amide bonds. The molecule has 0 spiro atoms. The summed E-state index contributed by atoms with van der Waals surface area (Å²) in [7, 11) is 0. The van der Waals surface area contributed by atoms with Crippen LogP contribution in [0.15, 0.2) is 35.9 Å². The van der Waals surface area contributed by atoms with Crippen LogP contribution in [0.25, 0.3) is 0 Å². The minimum atomic E-state index is 0.0656. The number of hydrogen-bond donors (Lipinski definition) is 2. The van der Waals surface area contributed by atoms with Crippen LogP contribution >= 0.6 is 0 Å². The average Bonchev–Trinajstić information content (AvgIpc) is 2.43. The lowest BCUT2D eigenvalue weighted by Gasteiger charge is -2.24. The second-order valence-corrected chi connectivity index (χ2v) is 5.30. The summed E-state index contributed by atoms with van der Waals surface area (Å²) in [6.45, 7) is 2.68. The molecule has 0 heterocycles. The van der Waals surface area contributed by atoms with Crippen molar-refractivity contribution >= 4 is 0 Å². The minimum Gasteiger partial charge on any atom is -0.494 e. The lowest BCUT2D eigenvalue weighted by Crippen LogP contribution is -2.30. The first-order valence-electron chi connectivity index (χ1n) is 7.73. The number of allylic oxidation sites excluding steroid dienone is 1. The molecular weight excluding hydrogens is 248 g/mol. The van der Waals surface area contributed by atoms with Crippen LogP contribution in [-0.4, -0.2) is 6.61 Å². The third kappa shape index (κ3) is 3.84. The SMILES string of the molecule is CCOc1ccccc1C(NN)/C1=C/CCCCCC1. The molecule has 1 aromatic rings. The standard InChI is InChI=1S/C17H26N2O/c1-2-20-16-13-9-8-12-15(16)17(19-18)14-10-6-4-3-5-7-11-14/h8-10,12-13,17,19H,2-7,11,18H2,1H3/b14-10+. The van der Waals surface area contributed by atoms with Crippen molar-refractivity contribution < 1.29 is 4.74 Å². The molecule has 20 heavy (non-hydrogen) atoms. The van der Waals surface area contributed by atoms with Crippen molar-refractivity contribution in [3.8, 4) is 5.75 Å². The van der Waals surface area contributed by atoms with Gasteiger partial charge >= 0.3 is 0 Å². The van der Waals surface area contributed by atoms with E-state index in [0.717, 1.165) is 24.2 Å². The fraction of sp³-hybridized carbons (Fsp3) is 0.529. The number of nitrogens with one attached hydrogen (secondary N) is 1. The average molecular weight is 274 g/mol. The van der Waals surface area contributed by atoms with E-state index in [1.54, 1.807) is 0 Å². The third-order valence-electron chi connectivity index (χ3n) is 3.89. The van der Waals surface area contributed by atoms with E-state index in [0.29, 0.717) is 6.61 Å². The van der Waals surface area contributed by atoms with Gasteiger partial charge in [-0.2, -0.15) is 0 Å². The van der Waals surface area contributed by atoms with Gasteiger partial charge in [0.05, 0.1) is 12.6 Å². The number of benzene rings is 1. The van der Waals surface area contributed by atoms with Crippen LogP contribution in [0.1, 0.15) is 57.1 Å². The molecule has 3 N–H and O–H groups in total. The van der Waals surface area contributed by atoms with E-state index in [1.165, 1.54) is 31.3 Å². The summed E-state index contributed by atoms with van der Waals surface area (Å²) in [5.74, 6) is 6.78. The van der Waals surface area contributed by atoms with Gasteiger partial charge in [0, 0.05) is 5.56 Å². The molecule has 1 unspecified atom stereocenters.